The van der Waals surface area contributed by atoms with E-state index >= 15 is 0 Å². The van der Waals surface area contributed by atoms with Crippen LogP contribution in [0.5, 0.6) is 0 Å². The molecule has 0 saturated carbocycles. The molecule has 82 valence electrons. The molecule has 0 aromatic rings. The van der Waals surface area contributed by atoms with Gasteiger partial charge in [-0.25, -0.2) is 0 Å². The number of carbonyl (C=O) groups excluding carboxylic acids is 1. The standard InChI is InChI=1S/C11H21NO2/c1-2-9(8-12)7-11(13)10-3-5-14-6-4-10/h9-10H,2-8,12H2,1H3. The van der Waals surface area contributed by atoms with Gasteiger partial charge in [0.1, 0.15) is 5.78 Å². The maximum Gasteiger partial charge on any atom is 0.136 e. The van der Waals surface area contributed by atoms with Crippen molar-refractivity contribution >= 4 is 5.78 Å². The van der Waals surface area contributed by atoms with Crippen LogP contribution < -0.4 is 5.73 Å². The zero-order valence-electron chi connectivity index (χ0n) is 9.00. The van der Waals surface area contributed by atoms with Crippen molar-refractivity contribution in [2.24, 2.45) is 17.6 Å². The molecule has 1 unspecified atom stereocenters. The lowest BCUT2D eigenvalue weighted by Crippen LogP contribution is -2.27. The van der Waals surface area contributed by atoms with E-state index in [-0.39, 0.29) is 5.92 Å². The first-order valence-corrected chi connectivity index (χ1v) is 5.58. The second-order valence-corrected chi connectivity index (χ2v) is 4.07. The van der Waals surface area contributed by atoms with Crippen LogP contribution in [-0.4, -0.2) is 25.5 Å². The van der Waals surface area contributed by atoms with Crippen molar-refractivity contribution in [1.29, 1.82) is 0 Å². The number of nitrogens with two attached hydrogens (primary N) is 1. The summed E-state index contributed by atoms with van der Waals surface area (Å²) in [5.41, 5.74) is 5.58. The largest absolute Gasteiger partial charge is 0.381 e. The summed E-state index contributed by atoms with van der Waals surface area (Å²) in [7, 11) is 0. The van der Waals surface area contributed by atoms with Gasteiger partial charge in [-0.1, -0.05) is 13.3 Å². The zero-order chi connectivity index (χ0) is 10.4. The Morgan fingerprint density at radius 3 is 2.64 bits per heavy atom. The molecule has 2 N–H and O–H groups in total. The summed E-state index contributed by atoms with van der Waals surface area (Å²) in [6.45, 7) is 4.21. The van der Waals surface area contributed by atoms with Crippen LogP contribution in [0.1, 0.15) is 32.6 Å². The summed E-state index contributed by atoms with van der Waals surface area (Å²) >= 11 is 0. The van der Waals surface area contributed by atoms with E-state index in [1.807, 2.05) is 0 Å². The minimum atomic E-state index is 0.240. The molecule has 0 radical (unpaired) electrons. The number of hydrogen-bond donors (Lipinski definition) is 1. The van der Waals surface area contributed by atoms with Gasteiger partial charge in [-0.3, -0.25) is 4.79 Å². The highest BCUT2D eigenvalue weighted by atomic mass is 16.5. The van der Waals surface area contributed by atoms with Crippen LogP contribution in [0.2, 0.25) is 0 Å². The predicted octanol–water partition coefficient (Wildman–Crippen LogP) is 1.36. The molecule has 0 spiro atoms. The van der Waals surface area contributed by atoms with Crippen LogP contribution in [-0.2, 0) is 9.53 Å². The van der Waals surface area contributed by atoms with Crippen molar-refractivity contribution < 1.29 is 9.53 Å². The maximum atomic E-state index is 11.8. The Morgan fingerprint density at radius 2 is 2.14 bits per heavy atom. The molecule has 0 aromatic carbocycles. The third kappa shape index (κ3) is 3.39. The number of ether oxygens (including phenoxy) is 1. The molecule has 3 nitrogen and oxygen atoms in total. The van der Waals surface area contributed by atoms with Crippen molar-refractivity contribution in [3.8, 4) is 0 Å². The smallest absolute Gasteiger partial charge is 0.136 e. The highest BCUT2D eigenvalue weighted by molar-refractivity contribution is 5.81. The van der Waals surface area contributed by atoms with E-state index < -0.39 is 0 Å². The van der Waals surface area contributed by atoms with E-state index in [2.05, 4.69) is 6.92 Å². The quantitative estimate of drug-likeness (QED) is 0.727. The van der Waals surface area contributed by atoms with Gasteiger partial charge in [-0.05, 0) is 25.3 Å². The fraction of sp³-hybridized carbons (Fsp3) is 0.909. The first-order valence-electron chi connectivity index (χ1n) is 5.58. The van der Waals surface area contributed by atoms with Gasteiger partial charge in [0.05, 0.1) is 0 Å². The van der Waals surface area contributed by atoms with Gasteiger partial charge in [0, 0.05) is 25.6 Å². The van der Waals surface area contributed by atoms with Gasteiger partial charge in [0.25, 0.3) is 0 Å². The fourth-order valence-corrected chi connectivity index (χ4v) is 1.87. The molecular formula is C11H21NO2. The predicted molar refractivity (Wildman–Crippen MR) is 56.0 cm³/mol. The molecule has 0 aromatic heterocycles. The molecule has 0 bridgehead atoms. The second kappa shape index (κ2) is 6.14. The Kier molecular flexibility index (Phi) is 5.12. The van der Waals surface area contributed by atoms with E-state index in [0.29, 0.717) is 24.7 Å². The normalized spacial score (nSPS) is 20.7. The van der Waals surface area contributed by atoms with E-state index in [0.717, 1.165) is 32.5 Å². The summed E-state index contributed by atoms with van der Waals surface area (Å²) in [6, 6.07) is 0. The average Bonchev–Trinajstić information content (AvgIpc) is 2.26. The Hall–Kier alpha value is -0.410. The van der Waals surface area contributed by atoms with E-state index in [1.165, 1.54) is 0 Å². The molecule has 1 aliphatic heterocycles. The van der Waals surface area contributed by atoms with E-state index in [4.69, 9.17) is 10.5 Å². The molecule has 0 aliphatic carbocycles. The maximum absolute atomic E-state index is 11.8. The fourth-order valence-electron chi connectivity index (χ4n) is 1.87. The number of rotatable bonds is 5. The molecule has 1 saturated heterocycles. The van der Waals surface area contributed by atoms with Gasteiger partial charge >= 0.3 is 0 Å². The van der Waals surface area contributed by atoms with Crippen molar-refractivity contribution in [3.05, 3.63) is 0 Å². The lowest BCUT2D eigenvalue weighted by atomic mass is 9.88. The lowest BCUT2D eigenvalue weighted by molar-refractivity contribution is -0.126. The number of carbonyl (C=O) groups is 1. The topological polar surface area (TPSA) is 52.3 Å². The summed E-state index contributed by atoms with van der Waals surface area (Å²) in [5, 5.41) is 0. The summed E-state index contributed by atoms with van der Waals surface area (Å²) in [4.78, 5) is 11.8. The molecule has 14 heavy (non-hydrogen) atoms. The van der Waals surface area contributed by atoms with Crippen LogP contribution in [0.3, 0.4) is 0 Å². The minimum Gasteiger partial charge on any atom is -0.381 e. The molecule has 0 amide bonds. The van der Waals surface area contributed by atoms with Crippen molar-refractivity contribution in [3.63, 3.8) is 0 Å². The monoisotopic (exact) mass is 199 g/mol. The van der Waals surface area contributed by atoms with E-state index in [1.54, 1.807) is 0 Å². The molecule has 1 heterocycles. The molecule has 1 aliphatic rings. The molecule has 1 atom stereocenters. The molecule has 1 fully saturated rings. The van der Waals surface area contributed by atoms with Crippen LogP contribution in [0, 0.1) is 11.8 Å². The molecule has 1 rings (SSSR count). The van der Waals surface area contributed by atoms with Gasteiger partial charge in [-0.15, -0.1) is 0 Å². The SMILES string of the molecule is CCC(CN)CC(=O)C1CCOCC1. The molecular weight excluding hydrogens is 178 g/mol. The van der Waals surface area contributed by atoms with Crippen molar-refractivity contribution in [2.75, 3.05) is 19.8 Å². The van der Waals surface area contributed by atoms with Gasteiger partial charge in [0.15, 0.2) is 0 Å². The zero-order valence-corrected chi connectivity index (χ0v) is 9.00. The van der Waals surface area contributed by atoms with Crippen molar-refractivity contribution in [1.82, 2.24) is 0 Å². The Morgan fingerprint density at radius 1 is 1.50 bits per heavy atom. The Labute approximate surface area is 86.0 Å². The van der Waals surface area contributed by atoms with Crippen LogP contribution in [0.25, 0.3) is 0 Å². The third-order valence-electron chi connectivity index (χ3n) is 3.08. The second-order valence-electron chi connectivity index (χ2n) is 4.07. The van der Waals surface area contributed by atoms with Crippen LogP contribution >= 0.6 is 0 Å². The van der Waals surface area contributed by atoms with Gasteiger partial charge in [-0.2, -0.15) is 0 Å². The summed E-state index contributed by atoms with van der Waals surface area (Å²) in [6.07, 6.45) is 3.48. The van der Waals surface area contributed by atoms with Gasteiger partial charge in [0.2, 0.25) is 0 Å². The van der Waals surface area contributed by atoms with Crippen molar-refractivity contribution in [2.45, 2.75) is 32.6 Å². The lowest BCUT2D eigenvalue weighted by Gasteiger charge is -2.22. The van der Waals surface area contributed by atoms with Crippen LogP contribution in [0.4, 0.5) is 0 Å². The third-order valence-corrected chi connectivity index (χ3v) is 3.08. The summed E-state index contributed by atoms with van der Waals surface area (Å²) in [5.74, 6) is 1.01. The number of hydrogen-bond acceptors (Lipinski definition) is 3. The number of Topliss-reactive ketones (excluding diaryl/α,β-unsaturated/α-hetero) is 1. The Bertz CT molecular complexity index is 172. The average molecular weight is 199 g/mol. The van der Waals surface area contributed by atoms with Crippen LogP contribution in [0.15, 0.2) is 0 Å². The first-order chi connectivity index (χ1) is 6.77. The highest BCUT2D eigenvalue weighted by Gasteiger charge is 2.23. The minimum absolute atomic E-state index is 0.240. The molecule has 3 heteroatoms. The number of ketones is 1. The summed E-state index contributed by atoms with van der Waals surface area (Å²) < 4.78 is 5.23. The van der Waals surface area contributed by atoms with E-state index in [9.17, 15) is 4.79 Å². The Balaban J connectivity index is 2.32. The van der Waals surface area contributed by atoms with Gasteiger partial charge < -0.3 is 10.5 Å². The highest BCUT2D eigenvalue weighted by Crippen LogP contribution is 2.20. The first kappa shape index (κ1) is 11.7.